The van der Waals surface area contributed by atoms with Gasteiger partial charge < -0.3 is 15.4 Å². The van der Waals surface area contributed by atoms with Crippen LogP contribution < -0.4 is 5.73 Å². The van der Waals surface area contributed by atoms with Crippen molar-refractivity contribution in [1.29, 1.82) is 0 Å². The van der Waals surface area contributed by atoms with Crippen molar-refractivity contribution in [2.75, 3.05) is 13.7 Å². The van der Waals surface area contributed by atoms with Gasteiger partial charge in [0.15, 0.2) is 0 Å². The summed E-state index contributed by atoms with van der Waals surface area (Å²) in [6, 6.07) is -1.07. The second-order valence-electron chi connectivity index (χ2n) is 7.76. The molecule has 0 aromatic carbocycles. The van der Waals surface area contributed by atoms with Gasteiger partial charge in [-0.3, -0.25) is 4.79 Å². The third kappa shape index (κ3) is 2.12. The summed E-state index contributed by atoms with van der Waals surface area (Å²) in [5.41, 5.74) is 5.86. The number of fused-ring (bicyclic) bond motifs is 1. The second kappa shape index (κ2) is 4.45. The van der Waals surface area contributed by atoms with Crippen molar-refractivity contribution >= 4 is 11.9 Å². The fraction of sp³-hybridized carbons (Fsp3) is 0.867. The van der Waals surface area contributed by atoms with E-state index < -0.39 is 12.1 Å². The lowest BCUT2D eigenvalue weighted by atomic mass is 9.86. The molecule has 2 N–H and O–H groups in total. The molecule has 1 saturated heterocycles. The van der Waals surface area contributed by atoms with Gasteiger partial charge in [0.1, 0.15) is 6.04 Å². The zero-order valence-corrected chi connectivity index (χ0v) is 13.3. The van der Waals surface area contributed by atoms with Crippen LogP contribution >= 0.6 is 0 Å². The Morgan fingerprint density at radius 2 is 1.90 bits per heavy atom. The predicted octanol–water partition coefficient (Wildman–Crippen LogP) is 1.02. The molecule has 2 rings (SSSR count). The SMILES string of the molecule is COC(=O)[C@@H]1[C@@H]2[C@H](CN1C(=O)C(N)C(C)(C)C)C2(C)C. The van der Waals surface area contributed by atoms with Gasteiger partial charge in [-0.05, 0) is 16.7 Å². The highest BCUT2D eigenvalue weighted by Gasteiger charge is 2.70. The minimum atomic E-state index is -0.602. The summed E-state index contributed by atoms with van der Waals surface area (Å²) in [7, 11) is 1.37. The first-order valence-electron chi connectivity index (χ1n) is 7.17. The van der Waals surface area contributed by atoms with Crippen molar-refractivity contribution < 1.29 is 14.3 Å². The van der Waals surface area contributed by atoms with Gasteiger partial charge in [-0.1, -0.05) is 34.6 Å². The van der Waals surface area contributed by atoms with E-state index in [1.165, 1.54) is 7.11 Å². The summed E-state index contributed by atoms with van der Waals surface area (Å²) < 4.78 is 4.90. The second-order valence-corrected chi connectivity index (χ2v) is 7.76. The van der Waals surface area contributed by atoms with Crippen LogP contribution in [0.15, 0.2) is 0 Å². The van der Waals surface area contributed by atoms with E-state index in [4.69, 9.17) is 10.5 Å². The van der Waals surface area contributed by atoms with E-state index in [1.54, 1.807) is 4.90 Å². The Bertz CT molecular complexity index is 439. The van der Waals surface area contributed by atoms with Crippen molar-refractivity contribution in [1.82, 2.24) is 4.90 Å². The average Bonchev–Trinajstić information content (AvgIpc) is 2.75. The maximum atomic E-state index is 12.6. The monoisotopic (exact) mass is 282 g/mol. The maximum absolute atomic E-state index is 12.6. The molecule has 2 fully saturated rings. The Balaban J connectivity index is 2.21. The Morgan fingerprint density at radius 1 is 1.35 bits per heavy atom. The third-order valence-corrected chi connectivity index (χ3v) is 5.13. The van der Waals surface area contributed by atoms with Crippen LogP contribution in [-0.4, -0.2) is 42.5 Å². The highest BCUT2D eigenvalue weighted by Crippen LogP contribution is 2.65. The Hall–Kier alpha value is -1.10. The molecular formula is C15H26N2O3. The van der Waals surface area contributed by atoms with Crippen LogP contribution in [0.2, 0.25) is 0 Å². The van der Waals surface area contributed by atoms with Crippen molar-refractivity contribution in [3.63, 3.8) is 0 Å². The zero-order valence-electron chi connectivity index (χ0n) is 13.3. The van der Waals surface area contributed by atoms with E-state index in [9.17, 15) is 9.59 Å². The number of nitrogens with two attached hydrogens (primary N) is 1. The molecule has 1 heterocycles. The van der Waals surface area contributed by atoms with Crippen LogP contribution in [0.3, 0.4) is 0 Å². The first-order valence-corrected chi connectivity index (χ1v) is 7.17. The van der Waals surface area contributed by atoms with Crippen LogP contribution in [0.4, 0.5) is 0 Å². The molecule has 0 aromatic heterocycles. The summed E-state index contributed by atoms with van der Waals surface area (Å²) in [5.74, 6) is 0.113. The summed E-state index contributed by atoms with van der Waals surface area (Å²) in [6.07, 6.45) is 0. The van der Waals surface area contributed by atoms with E-state index in [-0.39, 0.29) is 28.6 Å². The highest BCUT2D eigenvalue weighted by molar-refractivity contribution is 5.89. The predicted molar refractivity (Wildman–Crippen MR) is 75.7 cm³/mol. The number of ether oxygens (including phenoxy) is 1. The number of likely N-dealkylation sites (tertiary alicyclic amines) is 1. The minimum Gasteiger partial charge on any atom is -0.467 e. The van der Waals surface area contributed by atoms with Crippen LogP contribution in [0.5, 0.6) is 0 Å². The number of hydrogen-bond donors (Lipinski definition) is 1. The number of carbonyl (C=O) groups excluding carboxylic acids is 2. The normalized spacial score (nSPS) is 32.5. The summed E-state index contributed by atoms with van der Waals surface area (Å²) >= 11 is 0. The molecule has 1 saturated carbocycles. The van der Waals surface area contributed by atoms with E-state index in [0.717, 1.165) is 0 Å². The van der Waals surface area contributed by atoms with Gasteiger partial charge in [0.05, 0.1) is 13.2 Å². The molecule has 2 aliphatic rings. The summed E-state index contributed by atoms with van der Waals surface area (Å²) in [5, 5.41) is 0. The lowest BCUT2D eigenvalue weighted by Crippen LogP contribution is -2.55. The topological polar surface area (TPSA) is 72.6 Å². The van der Waals surface area contributed by atoms with E-state index >= 15 is 0 Å². The largest absolute Gasteiger partial charge is 0.467 e. The number of amides is 1. The van der Waals surface area contributed by atoms with Crippen LogP contribution in [-0.2, 0) is 14.3 Å². The Labute approximate surface area is 120 Å². The number of nitrogens with zero attached hydrogens (tertiary/aromatic N) is 1. The molecule has 0 aromatic rings. The van der Waals surface area contributed by atoms with Gasteiger partial charge in [-0.2, -0.15) is 0 Å². The molecule has 4 atom stereocenters. The maximum Gasteiger partial charge on any atom is 0.328 e. The molecule has 5 nitrogen and oxygen atoms in total. The van der Waals surface area contributed by atoms with E-state index in [2.05, 4.69) is 13.8 Å². The molecular weight excluding hydrogens is 256 g/mol. The van der Waals surface area contributed by atoms with Gasteiger partial charge in [0.25, 0.3) is 0 Å². The summed E-state index contributed by atoms with van der Waals surface area (Å²) in [4.78, 5) is 26.3. The van der Waals surface area contributed by atoms with Crippen molar-refractivity contribution in [3.8, 4) is 0 Å². The number of hydrogen-bond acceptors (Lipinski definition) is 4. The number of rotatable bonds is 2. The van der Waals surface area contributed by atoms with Crippen LogP contribution in [0.1, 0.15) is 34.6 Å². The van der Waals surface area contributed by atoms with Crippen molar-refractivity contribution in [2.24, 2.45) is 28.4 Å². The van der Waals surface area contributed by atoms with Crippen LogP contribution in [0, 0.1) is 22.7 Å². The molecule has 1 unspecified atom stereocenters. The third-order valence-electron chi connectivity index (χ3n) is 5.13. The quantitative estimate of drug-likeness (QED) is 0.767. The van der Waals surface area contributed by atoms with Gasteiger partial charge in [-0.25, -0.2) is 4.79 Å². The molecule has 5 heteroatoms. The van der Waals surface area contributed by atoms with Crippen LogP contribution in [0.25, 0.3) is 0 Å². The minimum absolute atomic E-state index is 0.113. The first-order chi connectivity index (χ1) is 9.03. The highest BCUT2D eigenvalue weighted by atomic mass is 16.5. The number of methoxy groups -OCH3 is 1. The van der Waals surface area contributed by atoms with E-state index in [0.29, 0.717) is 12.5 Å². The van der Waals surface area contributed by atoms with E-state index in [1.807, 2.05) is 20.8 Å². The number of piperidine rings is 1. The molecule has 114 valence electrons. The van der Waals surface area contributed by atoms with Gasteiger partial charge in [0, 0.05) is 12.5 Å². The molecule has 0 spiro atoms. The molecule has 1 amide bonds. The molecule has 0 radical (unpaired) electrons. The molecule has 1 aliphatic heterocycles. The molecule has 20 heavy (non-hydrogen) atoms. The first kappa shape index (κ1) is 15.3. The molecule has 0 bridgehead atoms. The van der Waals surface area contributed by atoms with Gasteiger partial charge in [0.2, 0.25) is 5.91 Å². The standard InChI is InChI=1S/C15H26N2O3/c1-14(2,3)11(16)12(18)17-7-8-9(15(8,4)5)10(17)13(19)20-6/h8-11H,7,16H2,1-6H3/t8-,9-,10-,11?/m0/s1. The summed E-state index contributed by atoms with van der Waals surface area (Å²) in [6.45, 7) is 10.7. The van der Waals surface area contributed by atoms with Crippen molar-refractivity contribution in [2.45, 2.75) is 46.7 Å². The lowest BCUT2D eigenvalue weighted by Gasteiger charge is -2.35. The zero-order chi connectivity index (χ0) is 15.5. The fourth-order valence-electron chi connectivity index (χ4n) is 3.45. The average molecular weight is 282 g/mol. The number of esters is 1. The van der Waals surface area contributed by atoms with Gasteiger partial charge >= 0.3 is 5.97 Å². The molecule has 1 aliphatic carbocycles. The Morgan fingerprint density at radius 3 is 2.35 bits per heavy atom. The van der Waals surface area contributed by atoms with Gasteiger partial charge in [-0.15, -0.1) is 0 Å². The fourth-order valence-corrected chi connectivity index (χ4v) is 3.45. The number of carbonyl (C=O) groups is 2. The Kier molecular flexibility index (Phi) is 3.40. The lowest BCUT2D eigenvalue weighted by molar-refractivity contribution is -0.154. The smallest absolute Gasteiger partial charge is 0.328 e. The van der Waals surface area contributed by atoms with Crippen molar-refractivity contribution in [3.05, 3.63) is 0 Å².